The first-order valence-electron chi connectivity index (χ1n) is 7.14. The summed E-state index contributed by atoms with van der Waals surface area (Å²) in [4.78, 5) is 5.22. The van der Waals surface area contributed by atoms with Crippen molar-refractivity contribution in [2.75, 3.05) is 7.11 Å². The van der Waals surface area contributed by atoms with E-state index < -0.39 is 0 Å². The van der Waals surface area contributed by atoms with Crippen molar-refractivity contribution in [1.29, 1.82) is 0 Å². The van der Waals surface area contributed by atoms with Gasteiger partial charge in [0.2, 0.25) is 0 Å². The van der Waals surface area contributed by atoms with E-state index in [1.54, 1.807) is 7.11 Å². The summed E-state index contributed by atoms with van der Waals surface area (Å²) in [6.45, 7) is 6.49. The Labute approximate surface area is 115 Å². The lowest BCUT2D eigenvalue weighted by atomic mass is 9.72. The summed E-state index contributed by atoms with van der Waals surface area (Å²) in [7, 11) is 1.69. The maximum Gasteiger partial charge on any atom is 0.128 e. The second kappa shape index (κ2) is 4.50. The number of hydrogen-bond acceptors (Lipinski definition) is 3. The molecule has 104 valence electrons. The Balaban J connectivity index is 2.10. The van der Waals surface area contributed by atoms with Crippen molar-refractivity contribution in [2.24, 2.45) is 0 Å². The van der Waals surface area contributed by atoms with Gasteiger partial charge >= 0.3 is 0 Å². The molecular formula is C16H23NO2. The third-order valence-corrected chi connectivity index (χ3v) is 4.80. The maximum atomic E-state index is 6.43. The second-order valence-electron chi connectivity index (χ2n) is 6.10. The van der Waals surface area contributed by atoms with E-state index in [0.717, 1.165) is 12.2 Å². The van der Waals surface area contributed by atoms with E-state index in [9.17, 15) is 0 Å². The predicted molar refractivity (Wildman–Crippen MR) is 75.4 cm³/mol. The van der Waals surface area contributed by atoms with Crippen molar-refractivity contribution in [1.82, 2.24) is 5.48 Å². The fourth-order valence-electron chi connectivity index (χ4n) is 3.49. The van der Waals surface area contributed by atoms with Gasteiger partial charge in [-0.1, -0.05) is 6.07 Å². The normalized spacial score (nSPS) is 23.7. The number of rotatable bonds is 2. The molecule has 1 aliphatic carbocycles. The Kier molecular flexibility index (Phi) is 3.06. The summed E-state index contributed by atoms with van der Waals surface area (Å²) >= 11 is 0. The molecular weight excluding hydrogens is 238 g/mol. The summed E-state index contributed by atoms with van der Waals surface area (Å²) in [5, 5.41) is 0. The van der Waals surface area contributed by atoms with Gasteiger partial charge in [-0.15, -0.1) is 0 Å². The van der Waals surface area contributed by atoms with Gasteiger partial charge in [-0.25, -0.2) is 0 Å². The van der Waals surface area contributed by atoms with Crippen LogP contribution in [0.3, 0.4) is 0 Å². The second-order valence-corrected chi connectivity index (χ2v) is 6.10. The van der Waals surface area contributed by atoms with E-state index in [2.05, 4.69) is 32.3 Å². The van der Waals surface area contributed by atoms with Gasteiger partial charge in [0.1, 0.15) is 11.4 Å². The minimum Gasteiger partial charge on any atom is -0.487 e. The van der Waals surface area contributed by atoms with E-state index >= 15 is 0 Å². The van der Waals surface area contributed by atoms with Crippen LogP contribution in [0, 0.1) is 20.8 Å². The number of fused-ring (bicyclic) bond motifs is 1. The van der Waals surface area contributed by atoms with Crippen LogP contribution in [0.1, 0.15) is 54.0 Å². The van der Waals surface area contributed by atoms with E-state index in [-0.39, 0.29) is 11.6 Å². The summed E-state index contributed by atoms with van der Waals surface area (Å²) < 4.78 is 6.43. The summed E-state index contributed by atoms with van der Waals surface area (Å²) in [5.41, 5.74) is 8.38. The van der Waals surface area contributed by atoms with Crippen molar-refractivity contribution >= 4 is 0 Å². The predicted octanol–water partition coefficient (Wildman–Crippen LogP) is 3.51. The maximum absolute atomic E-state index is 6.43. The van der Waals surface area contributed by atoms with Crippen molar-refractivity contribution in [3.63, 3.8) is 0 Å². The highest BCUT2D eigenvalue weighted by Crippen LogP contribution is 2.51. The van der Waals surface area contributed by atoms with Crippen LogP contribution in [-0.2, 0) is 4.84 Å². The molecule has 2 aliphatic rings. The molecule has 3 heteroatoms. The van der Waals surface area contributed by atoms with E-state index in [0.29, 0.717) is 0 Å². The monoisotopic (exact) mass is 261 g/mol. The van der Waals surface area contributed by atoms with Gasteiger partial charge in [0.05, 0.1) is 13.2 Å². The smallest absolute Gasteiger partial charge is 0.128 e. The Bertz CT molecular complexity index is 506. The highest BCUT2D eigenvalue weighted by molar-refractivity contribution is 5.53. The molecule has 1 heterocycles. The van der Waals surface area contributed by atoms with Crippen LogP contribution in [0.5, 0.6) is 5.75 Å². The first-order valence-corrected chi connectivity index (χ1v) is 7.14. The van der Waals surface area contributed by atoms with Gasteiger partial charge in [0.25, 0.3) is 0 Å². The van der Waals surface area contributed by atoms with Crippen LogP contribution in [0.15, 0.2) is 6.07 Å². The van der Waals surface area contributed by atoms with E-state index in [1.165, 1.54) is 41.5 Å². The molecule has 1 atom stereocenters. The topological polar surface area (TPSA) is 30.5 Å². The number of nitrogens with one attached hydrogen (secondary N) is 1. The molecule has 1 N–H and O–H groups in total. The van der Waals surface area contributed by atoms with Crippen LogP contribution in [-0.4, -0.2) is 12.7 Å². The van der Waals surface area contributed by atoms with Gasteiger partial charge in [0, 0.05) is 12.0 Å². The van der Waals surface area contributed by atoms with Crippen LogP contribution < -0.4 is 10.2 Å². The molecule has 1 fully saturated rings. The van der Waals surface area contributed by atoms with Crippen LogP contribution in [0.25, 0.3) is 0 Å². The number of hydroxylamine groups is 1. The fraction of sp³-hybridized carbons (Fsp3) is 0.625. The minimum atomic E-state index is 0.0498. The lowest BCUT2D eigenvalue weighted by Gasteiger charge is -2.48. The summed E-state index contributed by atoms with van der Waals surface area (Å²) in [6.07, 6.45) is 4.62. The first-order chi connectivity index (χ1) is 9.06. The molecule has 0 bridgehead atoms. The first kappa shape index (κ1) is 12.9. The highest BCUT2D eigenvalue weighted by Gasteiger charge is 2.46. The minimum absolute atomic E-state index is 0.0498. The standard InChI is InChI=1S/C16H23NO2/c1-10-8-11(2)14-13(17-18-4)9-16(6-5-7-16)19-15(14)12(10)3/h8,13,17H,5-7,9H2,1-4H3. The Hall–Kier alpha value is -1.06. The Morgan fingerprint density at radius 3 is 2.58 bits per heavy atom. The molecule has 1 unspecified atom stereocenters. The molecule has 1 aromatic rings. The van der Waals surface area contributed by atoms with Gasteiger partial charge in [0.15, 0.2) is 0 Å². The largest absolute Gasteiger partial charge is 0.487 e. The zero-order valence-electron chi connectivity index (χ0n) is 12.3. The molecule has 1 spiro atoms. The highest BCUT2D eigenvalue weighted by atomic mass is 16.6. The van der Waals surface area contributed by atoms with Crippen LogP contribution in [0.2, 0.25) is 0 Å². The molecule has 1 saturated carbocycles. The molecule has 19 heavy (non-hydrogen) atoms. The average molecular weight is 261 g/mol. The summed E-state index contributed by atoms with van der Waals surface area (Å²) in [6, 6.07) is 2.49. The van der Waals surface area contributed by atoms with Crippen LogP contribution in [0.4, 0.5) is 0 Å². The SMILES string of the molecule is CONC1CC2(CCC2)Oc2c(C)c(C)cc(C)c21. The number of aryl methyl sites for hydroxylation is 2. The third kappa shape index (κ3) is 1.96. The van der Waals surface area contributed by atoms with Gasteiger partial charge in [-0.05, 0) is 56.7 Å². The molecule has 1 aromatic carbocycles. The quantitative estimate of drug-likeness (QED) is 0.826. The molecule has 1 aliphatic heterocycles. The molecule has 0 radical (unpaired) electrons. The molecule has 0 amide bonds. The number of benzene rings is 1. The van der Waals surface area contributed by atoms with Crippen LogP contribution >= 0.6 is 0 Å². The van der Waals surface area contributed by atoms with E-state index in [4.69, 9.17) is 9.57 Å². The molecule has 3 rings (SSSR count). The number of ether oxygens (including phenoxy) is 1. The molecule has 3 nitrogen and oxygen atoms in total. The van der Waals surface area contributed by atoms with Gasteiger partial charge in [-0.2, -0.15) is 5.48 Å². The Morgan fingerprint density at radius 1 is 1.26 bits per heavy atom. The zero-order chi connectivity index (χ0) is 13.6. The zero-order valence-corrected chi connectivity index (χ0v) is 12.3. The lowest BCUT2D eigenvalue weighted by molar-refractivity contribution is -0.0605. The lowest BCUT2D eigenvalue weighted by Crippen LogP contribution is -2.49. The van der Waals surface area contributed by atoms with Crippen molar-refractivity contribution in [2.45, 2.75) is 58.1 Å². The van der Waals surface area contributed by atoms with Gasteiger partial charge < -0.3 is 9.57 Å². The van der Waals surface area contributed by atoms with Crippen molar-refractivity contribution in [3.05, 3.63) is 28.3 Å². The number of hydrogen-bond donors (Lipinski definition) is 1. The average Bonchev–Trinajstić information content (AvgIpc) is 2.33. The third-order valence-electron chi connectivity index (χ3n) is 4.80. The van der Waals surface area contributed by atoms with Crippen molar-refractivity contribution < 1.29 is 9.57 Å². The van der Waals surface area contributed by atoms with Crippen molar-refractivity contribution in [3.8, 4) is 5.75 Å². The fourth-order valence-corrected chi connectivity index (χ4v) is 3.49. The molecule has 0 saturated heterocycles. The Morgan fingerprint density at radius 2 is 2.00 bits per heavy atom. The van der Waals surface area contributed by atoms with E-state index in [1.807, 2.05) is 0 Å². The summed E-state index contributed by atoms with van der Waals surface area (Å²) in [5.74, 6) is 1.10. The van der Waals surface area contributed by atoms with Gasteiger partial charge in [-0.3, -0.25) is 0 Å². The molecule has 0 aromatic heterocycles.